The Morgan fingerprint density at radius 3 is 2.48 bits per heavy atom. The first-order valence-corrected chi connectivity index (χ1v) is 14.4. The molecule has 2 aromatic rings. The zero-order chi connectivity index (χ0) is 30.3. The predicted octanol–water partition coefficient (Wildman–Crippen LogP) is 5.25. The molecule has 0 spiro atoms. The van der Waals surface area contributed by atoms with Gasteiger partial charge in [0.1, 0.15) is 5.60 Å². The van der Waals surface area contributed by atoms with E-state index in [1.54, 1.807) is 33.0 Å². The van der Waals surface area contributed by atoms with Crippen LogP contribution in [-0.2, 0) is 9.47 Å². The molecule has 232 valence electrons. The number of nitrogens with one attached hydrogen (secondary N) is 2. The Bertz CT molecular complexity index is 1280. The number of ether oxygens (including phenoxy) is 2. The molecule has 5 rings (SSSR count). The summed E-state index contributed by atoms with van der Waals surface area (Å²) in [6.45, 7) is 4.65. The normalized spacial score (nSPS) is 23.3. The van der Waals surface area contributed by atoms with Crippen LogP contribution in [0.5, 0.6) is 0 Å². The van der Waals surface area contributed by atoms with E-state index in [1.807, 2.05) is 0 Å². The number of amides is 3. The van der Waals surface area contributed by atoms with Crippen molar-refractivity contribution in [1.82, 2.24) is 30.1 Å². The van der Waals surface area contributed by atoms with Crippen LogP contribution in [0.4, 0.5) is 27.2 Å². The molecule has 0 radical (unpaired) electrons. The van der Waals surface area contributed by atoms with Gasteiger partial charge in [-0.2, -0.15) is 5.10 Å². The number of nitrogens with zero attached hydrogens (tertiary/aromatic N) is 4. The molecule has 0 unspecified atom stereocenters. The molecule has 2 atom stereocenters. The highest BCUT2D eigenvalue weighted by atomic mass is 19.3. The number of rotatable bonds is 6. The number of hydrogen-bond acceptors (Lipinski definition) is 6. The topological polar surface area (TPSA) is 110 Å². The maximum absolute atomic E-state index is 14.4. The third-order valence-electron chi connectivity index (χ3n) is 8.13. The Morgan fingerprint density at radius 2 is 1.81 bits per heavy atom. The molecule has 2 aliphatic heterocycles. The third-order valence-corrected chi connectivity index (χ3v) is 8.13. The molecule has 10 nitrogen and oxygen atoms in total. The van der Waals surface area contributed by atoms with Gasteiger partial charge in [0.15, 0.2) is 5.65 Å². The summed E-state index contributed by atoms with van der Waals surface area (Å²) in [5.74, 6) is -6.29. The molecule has 2 aromatic heterocycles. The van der Waals surface area contributed by atoms with Gasteiger partial charge in [0.25, 0.3) is 5.92 Å². The molecular formula is C28H38F4N6O4. The van der Waals surface area contributed by atoms with Gasteiger partial charge in [-0.3, -0.25) is 0 Å². The van der Waals surface area contributed by atoms with Crippen LogP contribution in [0.15, 0.2) is 18.5 Å². The molecule has 42 heavy (non-hydrogen) atoms. The van der Waals surface area contributed by atoms with Crippen LogP contribution in [0, 0.1) is 11.8 Å². The number of imidazole rings is 1. The standard InChI is InChI=1S/C28H38F4N6O4/c1-26(2,3)42-25(40)36-22(17-4-8-27(29,30)9-5-17)20-14-38-21(35-20)12-19(13-34-38)23(18-6-10-41-11-7-18)37-16-28(31,32)15-33-24(37)39/h12-14,17-18,22-23H,4-11,15-16H2,1-3H3,(H,33,39)(H,36,40)/t22-,23+/m0/s1. The lowest BCUT2D eigenvalue weighted by Crippen LogP contribution is -2.58. The van der Waals surface area contributed by atoms with Gasteiger partial charge in [-0.1, -0.05) is 0 Å². The van der Waals surface area contributed by atoms with Crippen LogP contribution in [0.2, 0.25) is 0 Å². The Balaban J connectivity index is 1.48. The van der Waals surface area contributed by atoms with Crippen molar-refractivity contribution in [2.75, 3.05) is 26.3 Å². The van der Waals surface area contributed by atoms with Gasteiger partial charge in [0.2, 0.25) is 5.92 Å². The number of halogens is 4. The van der Waals surface area contributed by atoms with Crippen molar-refractivity contribution in [3.63, 3.8) is 0 Å². The summed E-state index contributed by atoms with van der Waals surface area (Å²) in [5, 5.41) is 9.61. The minimum Gasteiger partial charge on any atom is -0.444 e. The predicted molar refractivity (Wildman–Crippen MR) is 143 cm³/mol. The third kappa shape index (κ3) is 7.07. The van der Waals surface area contributed by atoms with Crippen molar-refractivity contribution >= 4 is 17.8 Å². The smallest absolute Gasteiger partial charge is 0.408 e. The largest absolute Gasteiger partial charge is 0.444 e. The van der Waals surface area contributed by atoms with Crippen molar-refractivity contribution in [2.24, 2.45) is 11.8 Å². The number of carbonyl (C=O) groups excluding carboxylic acids is 2. The van der Waals surface area contributed by atoms with E-state index < -0.39 is 54.7 Å². The summed E-state index contributed by atoms with van der Waals surface area (Å²) < 4.78 is 69.2. The highest BCUT2D eigenvalue weighted by Gasteiger charge is 2.45. The van der Waals surface area contributed by atoms with Crippen LogP contribution in [0.3, 0.4) is 0 Å². The van der Waals surface area contributed by atoms with Crippen LogP contribution in [0.25, 0.3) is 5.65 Å². The van der Waals surface area contributed by atoms with Crippen molar-refractivity contribution in [3.8, 4) is 0 Å². The fraction of sp³-hybridized carbons (Fsp3) is 0.714. The fourth-order valence-electron chi connectivity index (χ4n) is 6.13. The molecular weight excluding hydrogens is 560 g/mol. The van der Waals surface area contributed by atoms with Gasteiger partial charge in [0.05, 0.1) is 43.3 Å². The van der Waals surface area contributed by atoms with Crippen molar-refractivity contribution in [1.29, 1.82) is 0 Å². The molecule has 2 saturated heterocycles. The second-order valence-electron chi connectivity index (χ2n) is 12.6. The molecule has 0 aromatic carbocycles. The quantitative estimate of drug-likeness (QED) is 0.440. The molecule has 1 aliphatic carbocycles. The van der Waals surface area contributed by atoms with Gasteiger partial charge >= 0.3 is 12.1 Å². The summed E-state index contributed by atoms with van der Waals surface area (Å²) in [5.41, 5.74) is 0.583. The number of urea groups is 1. The Labute approximate surface area is 241 Å². The van der Waals surface area contributed by atoms with Crippen molar-refractivity contribution in [2.45, 2.75) is 88.8 Å². The number of aromatic nitrogens is 3. The van der Waals surface area contributed by atoms with E-state index in [0.717, 1.165) is 0 Å². The van der Waals surface area contributed by atoms with Crippen LogP contribution in [0.1, 0.15) is 82.6 Å². The van der Waals surface area contributed by atoms with Crippen molar-refractivity contribution < 1.29 is 36.6 Å². The van der Waals surface area contributed by atoms with Gasteiger partial charge in [-0.15, -0.1) is 0 Å². The Hall–Kier alpha value is -3.16. The van der Waals surface area contributed by atoms with Gasteiger partial charge in [0, 0.05) is 26.1 Å². The number of alkyl halides is 4. The molecule has 1 saturated carbocycles. The van der Waals surface area contributed by atoms with E-state index in [-0.39, 0.29) is 37.5 Å². The summed E-state index contributed by atoms with van der Waals surface area (Å²) in [6, 6.07) is -0.263. The minimum atomic E-state index is -3.09. The summed E-state index contributed by atoms with van der Waals surface area (Å²) in [6.07, 6.45) is 3.42. The highest BCUT2D eigenvalue weighted by molar-refractivity contribution is 5.76. The first kappa shape index (κ1) is 30.3. The van der Waals surface area contributed by atoms with Crippen LogP contribution >= 0.6 is 0 Å². The molecule has 0 bridgehead atoms. The maximum Gasteiger partial charge on any atom is 0.408 e. The van der Waals surface area contributed by atoms with Gasteiger partial charge < -0.3 is 25.0 Å². The Morgan fingerprint density at radius 1 is 1.12 bits per heavy atom. The lowest BCUT2D eigenvalue weighted by molar-refractivity contribution is -0.0570. The summed E-state index contributed by atoms with van der Waals surface area (Å²) in [4.78, 5) is 31.5. The van der Waals surface area contributed by atoms with Crippen LogP contribution in [-0.4, -0.2) is 75.4 Å². The number of carbonyl (C=O) groups is 2. The van der Waals surface area contributed by atoms with Gasteiger partial charge in [-0.25, -0.2) is 36.7 Å². The average Bonchev–Trinajstić information content (AvgIpc) is 3.33. The van der Waals surface area contributed by atoms with E-state index >= 15 is 0 Å². The number of hydrogen-bond donors (Lipinski definition) is 2. The van der Waals surface area contributed by atoms with E-state index in [2.05, 4.69) is 15.7 Å². The highest BCUT2D eigenvalue weighted by Crippen LogP contribution is 2.42. The molecule has 4 heterocycles. The molecule has 3 fully saturated rings. The Kier molecular flexibility index (Phi) is 8.29. The monoisotopic (exact) mass is 598 g/mol. The lowest BCUT2D eigenvalue weighted by atomic mass is 9.81. The first-order valence-electron chi connectivity index (χ1n) is 14.4. The zero-order valence-corrected chi connectivity index (χ0v) is 24.0. The zero-order valence-electron chi connectivity index (χ0n) is 24.0. The number of fused-ring (bicyclic) bond motifs is 1. The van der Waals surface area contributed by atoms with E-state index in [1.165, 1.54) is 15.6 Å². The van der Waals surface area contributed by atoms with Crippen molar-refractivity contribution in [3.05, 3.63) is 29.7 Å². The lowest BCUT2D eigenvalue weighted by Gasteiger charge is -2.42. The molecule has 2 N–H and O–H groups in total. The number of alkyl carbamates (subject to hydrolysis) is 1. The average molecular weight is 599 g/mol. The van der Waals surface area contributed by atoms with E-state index in [9.17, 15) is 27.2 Å². The van der Waals surface area contributed by atoms with E-state index in [4.69, 9.17) is 14.5 Å². The maximum atomic E-state index is 14.4. The summed E-state index contributed by atoms with van der Waals surface area (Å²) in [7, 11) is 0. The SMILES string of the molecule is CC(C)(C)OC(=O)N[C@H](c1cn2ncc([C@@H](C3CCOCC3)N3CC(F)(F)CNC3=O)cc2n1)C1CCC(F)(F)CC1. The molecule has 3 aliphatic rings. The van der Waals surface area contributed by atoms with Gasteiger partial charge in [-0.05, 0) is 69.9 Å². The minimum absolute atomic E-state index is 0.137. The second kappa shape index (κ2) is 11.5. The molecule has 3 amide bonds. The summed E-state index contributed by atoms with van der Waals surface area (Å²) >= 11 is 0. The van der Waals surface area contributed by atoms with E-state index in [0.29, 0.717) is 43.0 Å². The fourth-order valence-corrected chi connectivity index (χ4v) is 6.13. The molecule has 14 heteroatoms. The second-order valence-corrected chi connectivity index (χ2v) is 12.6. The van der Waals surface area contributed by atoms with Crippen LogP contribution < -0.4 is 10.6 Å². The first-order chi connectivity index (χ1) is 19.7.